The molecule has 4 heteroatoms. The van der Waals surface area contributed by atoms with E-state index in [1.807, 2.05) is 12.1 Å². The first-order valence-corrected chi connectivity index (χ1v) is 5.62. The minimum Gasteiger partial charge on any atom is -0.486 e. The van der Waals surface area contributed by atoms with Crippen molar-refractivity contribution in [2.24, 2.45) is 0 Å². The minimum absolute atomic E-state index is 0.486. The molecule has 1 aromatic carbocycles. The second-order valence-corrected chi connectivity index (χ2v) is 4.06. The molecule has 0 aliphatic carbocycles. The zero-order valence-corrected chi connectivity index (χ0v) is 9.07. The predicted molar refractivity (Wildman–Crippen MR) is 58.9 cm³/mol. The summed E-state index contributed by atoms with van der Waals surface area (Å²) < 4.78 is 16.3. The van der Waals surface area contributed by atoms with Gasteiger partial charge in [-0.25, -0.2) is 0 Å². The second kappa shape index (κ2) is 4.31. The highest BCUT2D eigenvalue weighted by atomic mass is 16.6. The van der Waals surface area contributed by atoms with Gasteiger partial charge in [0, 0.05) is 12.1 Å². The molecule has 3 rings (SSSR count). The second-order valence-electron chi connectivity index (χ2n) is 4.06. The molecular weight excluding hydrogens is 206 g/mol. The van der Waals surface area contributed by atoms with Crippen molar-refractivity contribution in [3.63, 3.8) is 0 Å². The van der Waals surface area contributed by atoms with Crippen LogP contribution in [0.5, 0.6) is 11.5 Å². The van der Waals surface area contributed by atoms with E-state index in [-0.39, 0.29) is 0 Å². The maximum absolute atomic E-state index is 5.64. The predicted octanol–water partition coefficient (Wildman–Crippen LogP) is 0.946. The van der Waals surface area contributed by atoms with Crippen LogP contribution in [0, 0.1) is 0 Å². The van der Waals surface area contributed by atoms with Crippen molar-refractivity contribution in [3.8, 4) is 11.5 Å². The van der Waals surface area contributed by atoms with Crippen molar-refractivity contribution in [2.45, 2.75) is 12.6 Å². The zero-order chi connectivity index (χ0) is 10.8. The van der Waals surface area contributed by atoms with Gasteiger partial charge in [-0.3, -0.25) is 0 Å². The molecule has 1 N–H and O–H groups in total. The summed E-state index contributed by atoms with van der Waals surface area (Å²) in [6.45, 7) is 3.70. The molecule has 4 nitrogen and oxygen atoms in total. The molecule has 0 radical (unpaired) electrons. The van der Waals surface area contributed by atoms with Gasteiger partial charge in [0.2, 0.25) is 0 Å². The fraction of sp³-hybridized carbons (Fsp3) is 0.500. The number of ether oxygens (including phenoxy) is 3. The van der Waals surface area contributed by atoms with E-state index in [1.54, 1.807) is 0 Å². The SMILES string of the molecule is c1cc(CNC2COC2)c2c(c1)OCCO2. The Morgan fingerprint density at radius 1 is 1.19 bits per heavy atom. The molecule has 0 unspecified atom stereocenters. The summed E-state index contributed by atoms with van der Waals surface area (Å²) in [5.74, 6) is 1.75. The van der Waals surface area contributed by atoms with E-state index >= 15 is 0 Å². The van der Waals surface area contributed by atoms with Crippen LogP contribution in [-0.2, 0) is 11.3 Å². The number of fused-ring (bicyclic) bond motifs is 1. The van der Waals surface area contributed by atoms with E-state index < -0.39 is 0 Å². The molecule has 1 fully saturated rings. The molecule has 1 aromatic rings. The highest BCUT2D eigenvalue weighted by Gasteiger charge is 2.19. The summed E-state index contributed by atoms with van der Waals surface area (Å²) in [4.78, 5) is 0. The topological polar surface area (TPSA) is 39.7 Å². The first-order chi connectivity index (χ1) is 7.93. The Balaban J connectivity index is 1.72. The highest BCUT2D eigenvalue weighted by molar-refractivity contribution is 5.47. The van der Waals surface area contributed by atoms with Crippen molar-refractivity contribution >= 4 is 0 Å². The van der Waals surface area contributed by atoms with Crippen molar-refractivity contribution in [1.82, 2.24) is 5.32 Å². The largest absolute Gasteiger partial charge is 0.486 e. The fourth-order valence-corrected chi connectivity index (χ4v) is 1.88. The lowest BCUT2D eigenvalue weighted by Crippen LogP contribution is -2.45. The Morgan fingerprint density at radius 2 is 2.06 bits per heavy atom. The van der Waals surface area contributed by atoms with E-state index in [0.717, 1.165) is 36.8 Å². The molecule has 2 aliphatic heterocycles. The van der Waals surface area contributed by atoms with E-state index in [1.165, 1.54) is 0 Å². The van der Waals surface area contributed by atoms with Gasteiger partial charge in [-0.1, -0.05) is 12.1 Å². The molecule has 2 aliphatic rings. The van der Waals surface area contributed by atoms with E-state index in [0.29, 0.717) is 19.3 Å². The average Bonchev–Trinajstić information content (AvgIpc) is 2.27. The van der Waals surface area contributed by atoms with Crippen molar-refractivity contribution in [2.75, 3.05) is 26.4 Å². The van der Waals surface area contributed by atoms with Gasteiger partial charge in [-0.15, -0.1) is 0 Å². The average molecular weight is 221 g/mol. The molecule has 86 valence electrons. The summed E-state index contributed by atoms with van der Waals surface area (Å²) in [6.07, 6.45) is 0. The molecule has 2 heterocycles. The fourth-order valence-electron chi connectivity index (χ4n) is 1.88. The Labute approximate surface area is 94.5 Å². The molecule has 1 saturated heterocycles. The van der Waals surface area contributed by atoms with Gasteiger partial charge in [0.05, 0.1) is 19.3 Å². The van der Waals surface area contributed by atoms with Crippen LogP contribution in [0.25, 0.3) is 0 Å². The molecule has 16 heavy (non-hydrogen) atoms. The standard InChI is InChI=1S/C12H15NO3/c1-2-9(6-13-10-7-14-8-10)12-11(3-1)15-4-5-16-12/h1-3,10,13H,4-8H2. The van der Waals surface area contributed by atoms with Crippen molar-refractivity contribution in [1.29, 1.82) is 0 Å². The third-order valence-electron chi connectivity index (χ3n) is 2.87. The van der Waals surface area contributed by atoms with Crippen molar-refractivity contribution in [3.05, 3.63) is 23.8 Å². The molecule has 0 amide bonds. The lowest BCUT2D eigenvalue weighted by atomic mass is 10.1. The van der Waals surface area contributed by atoms with Crippen LogP contribution < -0.4 is 14.8 Å². The van der Waals surface area contributed by atoms with Crippen LogP contribution in [0.2, 0.25) is 0 Å². The van der Waals surface area contributed by atoms with Crippen LogP contribution in [0.1, 0.15) is 5.56 Å². The maximum Gasteiger partial charge on any atom is 0.165 e. The third-order valence-corrected chi connectivity index (χ3v) is 2.87. The Morgan fingerprint density at radius 3 is 2.88 bits per heavy atom. The smallest absolute Gasteiger partial charge is 0.165 e. The van der Waals surface area contributed by atoms with Gasteiger partial charge in [-0.2, -0.15) is 0 Å². The van der Waals surface area contributed by atoms with Crippen LogP contribution in [0.4, 0.5) is 0 Å². The Kier molecular flexibility index (Phi) is 2.68. The van der Waals surface area contributed by atoms with Gasteiger partial charge in [0.15, 0.2) is 11.5 Å². The maximum atomic E-state index is 5.64. The van der Waals surface area contributed by atoms with Crippen molar-refractivity contribution < 1.29 is 14.2 Å². The zero-order valence-electron chi connectivity index (χ0n) is 9.07. The Hall–Kier alpha value is -1.26. The number of rotatable bonds is 3. The molecule has 0 saturated carbocycles. The summed E-state index contributed by atoms with van der Waals surface area (Å²) in [6, 6.07) is 6.51. The van der Waals surface area contributed by atoms with Crippen LogP contribution in [0.3, 0.4) is 0 Å². The van der Waals surface area contributed by atoms with Gasteiger partial charge in [0.1, 0.15) is 13.2 Å². The van der Waals surface area contributed by atoms with Gasteiger partial charge >= 0.3 is 0 Å². The molecule has 0 spiro atoms. The molecular formula is C12H15NO3. The summed E-state index contributed by atoms with van der Waals surface area (Å²) in [5.41, 5.74) is 1.16. The van der Waals surface area contributed by atoms with E-state index in [4.69, 9.17) is 14.2 Å². The molecule has 0 bridgehead atoms. The third kappa shape index (κ3) is 1.86. The lowest BCUT2D eigenvalue weighted by Gasteiger charge is -2.28. The van der Waals surface area contributed by atoms with Gasteiger partial charge in [-0.05, 0) is 6.07 Å². The number of para-hydroxylation sites is 1. The van der Waals surface area contributed by atoms with Gasteiger partial charge < -0.3 is 19.5 Å². The quantitative estimate of drug-likeness (QED) is 0.824. The summed E-state index contributed by atoms with van der Waals surface area (Å²) >= 11 is 0. The molecule has 0 atom stereocenters. The van der Waals surface area contributed by atoms with Crippen LogP contribution >= 0.6 is 0 Å². The number of hydrogen-bond donors (Lipinski definition) is 1. The molecule has 0 aromatic heterocycles. The number of hydrogen-bond acceptors (Lipinski definition) is 4. The normalized spacial score (nSPS) is 19.2. The van der Waals surface area contributed by atoms with E-state index in [9.17, 15) is 0 Å². The summed E-state index contributed by atoms with van der Waals surface area (Å²) in [7, 11) is 0. The van der Waals surface area contributed by atoms with Crippen LogP contribution in [-0.4, -0.2) is 32.5 Å². The lowest BCUT2D eigenvalue weighted by molar-refractivity contribution is -0.00591. The monoisotopic (exact) mass is 221 g/mol. The number of nitrogens with one attached hydrogen (secondary N) is 1. The van der Waals surface area contributed by atoms with Crippen LogP contribution in [0.15, 0.2) is 18.2 Å². The minimum atomic E-state index is 0.486. The van der Waals surface area contributed by atoms with Gasteiger partial charge in [0.25, 0.3) is 0 Å². The van der Waals surface area contributed by atoms with E-state index in [2.05, 4.69) is 11.4 Å². The first-order valence-electron chi connectivity index (χ1n) is 5.62. The first kappa shape index (κ1) is 9.93. The summed E-state index contributed by atoms with van der Waals surface area (Å²) in [5, 5.41) is 3.42. The Bertz CT molecular complexity index is 377. The number of benzene rings is 1. The highest BCUT2D eigenvalue weighted by Crippen LogP contribution is 2.33.